The monoisotopic (exact) mass is 450 g/mol. The van der Waals surface area contributed by atoms with Gasteiger partial charge in [0.05, 0.1) is 5.57 Å². The molecule has 1 amide bonds. The molecule has 1 aromatic carbocycles. The van der Waals surface area contributed by atoms with E-state index in [1.807, 2.05) is 0 Å². The van der Waals surface area contributed by atoms with Crippen molar-refractivity contribution in [3.8, 4) is 0 Å². The van der Waals surface area contributed by atoms with Crippen molar-refractivity contribution in [2.45, 2.75) is 59.3 Å². The molecule has 2 rings (SSSR count). The summed E-state index contributed by atoms with van der Waals surface area (Å²) in [4.78, 5) is 16.1. The first kappa shape index (κ1) is 28.0. The Hall–Kier alpha value is -3.08. The first-order valence-corrected chi connectivity index (χ1v) is 12.0. The van der Waals surface area contributed by atoms with Gasteiger partial charge in [0, 0.05) is 19.8 Å². The maximum atomic E-state index is 12.3. The number of carbonyl (C=O) groups excluding carboxylic acids is 1. The van der Waals surface area contributed by atoms with Gasteiger partial charge in [0.1, 0.15) is 5.84 Å². The van der Waals surface area contributed by atoms with Gasteiger partial charge in [0.25, 0.3) is 5.91 Å². The first-order valence-electron chi connectivity index (χ1n) is 12.0. The minimum absolute atomic E-state index is 0.176. The van der Waals surface area contributed by atoms with E-state index >= 15 is 0 Å². The maximum Gasteiger partial charge on any atom is 0.256 e. The predicted molar refractivity (Wildman–Crippen MR) is 143 cm³/mol. The third-order valence-electron chi connectivity index (χ3n) is 5.82. The third kappa shape index (κ3) is 10.4. The lowest BCUT2D eigenvalue weighted by molar-refractivity contribution is -0.117. The van der Waals surface area contributed by atoms with Crippen LogP contribution in [0.1, 0.15) is 64.0 Å². The second-order valence-electron chi connectivity index (χ2n) is 7.97. The Morgan fingerprint density at radius 1 is 1.15 bits per heavy atom. The van der Waals surface area contributed by atoms with Crippen LogP contribution < -0.4 is 16.4 Å². The van der Waals surface area contributed by atoms with Crippen molar-refractivity contribution in [3.63, 3.8) is 0 Å². The van der Waals surface area contributed by atoms with Gasteiger partial charge in [-0.1, -0.05) is 89.1 Å². The summed E-state index contributed by atoms with van der Waals surface area (Å²) in [7, 11) is 1.54. The quantitative estimate of drug-likeness (QED) is 0.236. The molecule has 5 heteroatoms. The van der Waals surface area contributed by atoms with Gasteiger partial charge in [-0.3, -0.25) is 9.79 Å². The highest BCUT2D eigenvalue weighted by atomic mass is 16.1. The van der Waals surface area contributed by atoms with Gasteiger partial charge >= 0.3 is 0 Å². The molecule has 0 heterocycles. The number of nitrogens with zero attached hydrogens (tertiary/aromatic N) is 1. The molecule has 0 spiro atoms. The highest BCUT2D eigenvalue weighted by molar-refractivity contribution is 6.20. The first-order chi connectivity index (χ1) is 16.0. The lowest BCUT2D eigenvalue weighted by Gasteiger charge is -2.10. The summed E-state index contributed by atoms with van der Waals surface area (Å²) < 4.78 is 0. The summed E-state index contributed by atoms with van der Waals surface area (Å²) in [5.41, 5.74) is 9.72. The molecule has 0 bridgehead atoms. The van der Waals surface area contributed by atoms with E-state index in [4.69, 9.17) is 5.73 Å². The highest BCUT2D eigenvalue weighted by Crippen LogP contribution is 2.21. The van der Waals surface area contributed by atoms with Gasteiger partial charge in [-0.25, -0.2) is 0 Å². The van der Waals surface area contributed by atoms with E-state index in [0.717, 1.165) is 25.2 Å². The number of rotatable bonds is 11. The molecule has 4 N–H and O–H groups in total. The molecule has 1 aromatic rings. The zero-order valence-electron chi connectivity index (χ0n) is 20.9. The Morgan fingerprint density at radius 3 is 2.30 bits per heavy atom. The fourth-order valence-electron chi connectivity index (χ4n) is 3.49. The zero-order chi connectivity index (χ0) is 24.5. The minimum Gasteiger partial charge on any atom is -0.383 e. The van der Waals surface area contributed by atoms with E-state index in [2.05, 4.69) is 85.5 Å². The number of hydrogen-bond donors (Lipinski definition) is 3. The molecule has 0 aromatic heterocycles. The minimum atomic E-state index is -0.267. The van der Waals surface area contributed by atoms with Crippen LogP contribution in [-0.2, 0) is 11.2 Å². The molecule has 0 saturated heterocycles. The van der Waals surface area contributed by atoms with Gasteiger partial charge in [0.2, 0.25) is 0 Å². The molecule has 0 aliphatic heterocycles. The number of benzene rings is 1. The van der Waals surface area contributed by atoms with E-state index in [1.165, 1.54) is 48.4 Å². The van der Waals surface area contributed by atoms with Crippen molar-refractivity contribution in [3.05, 3.63) is 78.2 Å². The Bertz CT molecular complexity index is 838. The average molecular weight is 451 g/mol. The SMILES string of the molecule is C=CN/C=C(/C(=O)NCCc1ccc(C2=CCCC=C2)cc1)C(N)=NC.CCC(CC)CC. The molecule has 1 aliphatic carbocycles. The molecule has 0 unspecified atom stereocenters. The molecule has 0 radical (unpaired) electrons. The standard InChI is InChI=1S/C21H26N4O.C7H16/c1-3-24-15-19(20(22)23-2)21(26)25-14-13-16-9-11-18(12-10-16)17-7-5-4-6-8-17;1-4-7(5-2)6-3/h3,5,7-12,15,24H,1,4,6,13-14H2,2H3,(H2,22,23)(H,25,26);7H,4-6H2,1-3H3/b19-15+;. The molecule has 0 saturated carbocycles. The number of allylic oxidation sites excluding steroid dienone is 4. The topological polar surface area (TPSA) is 79.5 Å². The summed E-state index contributed by atoms with van der Waals surface area (Å²) in [6.07, 6.45) is 16.6. The number of hydrogen-bond acceptors (Lipinski definition) is 3. The number of carbonyl (C=O) groups is 1. The molecule has 33 heavy (non-hydrogen) atoms. The summed E-state index contributed by atoms with van der Waals surface area (Å²) in [5, 5.41) is 5.63. The molecule has 0 fully saturated rings. The van der Waals surface area contributed by atoms with Crippen LogP contribution in [0.3, 0.4) is 0 Å². The fraction of sp³-hybridized carbons (Fsp3) is 0.429. The average Bonchev–Trinajstić information content (AvgIpc) is 2.86. The maximum absolute atomic E-state index is 12.3. The summed E-state index contributed by atoms with van der Waals surface area (Å²) in [6, 6.07) is 8.45. The van der Waals surface area contributed by atoms with Crippen LogP contribution in [-0.4, -0.2) is 25.3 Å². The molecular formula is C28H42N4O. The van der Waals surface area contributed by atoms with Crippen molar-refractivity contribution >= 4 is 17.3 Å². The second-order valence-corrected chi connectivity index (χ2v) is 7.97. The Balaban J connectivity index is 0.000000675. The van der Waals surface area contributed by atoms with Gasteiger partial charge in [-0.15, -0.1) is 0 Å². The lowest BCUT2D eigenvalue weighted by Crippen LogP contribution is -2.33. The third-order valence-corrected chi connectivity index (χ3v) is 5.82. The van der Waals surface area contributed by atoms with Crippen LogP contribution in [0, 0.1) is 5.92 Å². The van der Waals surface area contributed by atoms with E-state index in [0.29, 0.717) is 12.1 Å². The van der Waals surface area contributed by atoms with Crippen molar-refractivity contribution in [2.75, 3.05) is 13.6 Å². The van der Waals surface area contributed by atoms with Gasteiger partial charge < -0.3 is 16.4 Å². The number of amides is 1. The molecule has 5 nitrogen and oxygen atoms in total. The second kappa shape index (κ2) is 16.5. The number of aliphatic imine (C=N–C) groups is 1. The van der Waals surface area contributed by atoms with E-state index in [-0.39, 0.29) is 11.7 Å². The van der Waals surface area contributed by atoms with Crippen molar-refractivity contribution in [2.24, 2.45) is 16.6 Å². The summed E-state index contributed by atoms with van der Waals surface area (Å²) in [6.45, 7) is 10.8. The number of nitrogens with two attached hydrogens (primary N) is 1. The van der Waals surface area contributed by atoms with Crippen LogP contribution in [0.2, 0.25) is 0 Å². The molecular weight excluding hydrogens is 408 g/mol. The van der Waals surface area contributed by atoms with Gasteiger partial charge in [0.15, 0.2) is 0 Å². The van der Waals surface area contributed by atoms with Crippen LogP contribution >= 0.6 is 0 Å². The van der Waals surface area contributed by atoms with Gasteiger partial charge in [-0.05, 0) is 48.1 Å². The van der Waals surface area contributed by atoms with Crippen molar-refractivity contribution in [1.82, 2.24) is 10.6 Å². The van der Waals surface area contributed by atoms with Crippen LogP contribution in [0.5, 0.6) is 0 Å². The molecule has 180 valence electrons. The highest BCUT2D eigenvalue weighted by Gasteiger charge is 2.12. The smallest absolute Gasteiger partial charge is 0.256 e. The predicted octanol–water partition coefficient (Wildman–Crippen LogP) is 5.52. The summed E-state index contributed by atoms with van der Waals surface area (Å²) in [5.74, 6) is 0.895. The molecule has 1 aliphatic rings. The van der Waals surface area contributed by atoms with E-state index < -0.39 is 0 Å². The normalized spacial score (nSPS) is 13.7. The Labute approximate surface area is 200 Å². The van der Waals surface area contributed by atoms with E-state index in [9.17, 15) is 4.79 Å². The van der Waals surface area contributed by atoms with Crippen LogP contribution in [0.25, 0.3) is 5.57 Å². The number of amidine groups is 1. The summed E-state index contributed by atoms with van der Waals surface area (Å²) >= 11 is 0. The Morgan fingerprint density at radius 2 is 1.82 bits per heavy atom. The van der Waals surface area contributed by atoms with Crippen molar-refractivity contribution < 1.29 is 4.79 Å². The molecule has 0 atom stereocenters. The number of nitrogens with one attached hydrogen (secondary N) is 2. The Kier molecular flexibility index (Phi) is 14.0. The van der Waals surface area contributed by atoms with Crippen molar-refractivity contribution in [1.29, 1.82) is 0 Å². The lowest BCUT2D eigenvalue weighted by atomic mass is 9.98. The van der Waals surface area contributed by atoms with Crippen LogP contribution in [0.4, 0.5) is 0 Å². The zero-order valence-corrected chi connectivity index (χ0v) is 20.9. The van der Waals surface area contributed by atoms with Gasteiger partial charge in [-0.2, -0.15) is 0 Å². The van der Waals surface area contributed by atoms with Crippen LogP contribution in [0.15, 0.2) is 72.0 Å². The van der Waals surface area contributed by atoms with E-state index in [1.54, 1.807) is 7.05 Å². The largest absolute Gasteiger partial charge is 0.383 e. The fourth-order valence-corrected chi connectivity index (χ4v) is 3.49.